The van der Waals surface area contributed by atoms with E-state index in [2.05, 4.69) is 45.7 Å². The number of hydrazine groups is 1. The molecule has 0 amide bonds. The molecule has 9 nitrogen and oxygen atoms in total. The van der Waals surface area contributed by atoms with Crippen LogP contribution in [0.1, 0.15) is 33.4 Å². The van der Waals surface area contributed by atoms with Gasteiger partial charge in [-0.05, 0) is 39.8 Å². The third-order valence-electron chi connectivity index (χ3n) is 5.82. The number of nitrogens with zero attached hydrogens (tertiary/aromatic N) is 7. The van der Waals surface area contributed by atoms with Crippen LogP contribution >= 0.6 is 0 Å². The normalized spacial score (nSPS) is 16.5. The molecular formula is C24H31N7O2. The molecule has 0 spiro atoms. The first-order chi connectivity index (χ1) is 15.7. The van der Waals surface area contributed by atoms with Crippen LogP contribution in [0, 0.1) is 0 Å². The molecular weight excluding hydrogens is 418 g/mol. The van der Waals surface area contributed by atoms with E-state index in [1.165, 1.54) is 0 Å². The molecule has 2 aliphatic rings. The fraction of sp³-hybridized carbons (Fsp3) is 0.458. The van der Waals surface area contributed by atoms with Crippen LogP contribution < -0.4 is 4.74 Å². The van der Waals surface area contributed by atoms with Crippen molar-refractivity contribution < 1.29 is 9.84 Å². The Kier molecular flexibility index (Phi) is 5.25. The summed E-state index contributed by atoms with van der Waals surface area (Å²) < 4.78 is 10.2. The van der Waals surface area contributed by atoms with Crippen LogP contribution in [0.2, 0.25) is 0 Å². The monoisotopic (exact) mass is 449 g/mol. The van der Waals surface area contributed by atoms with Crippen molar-refractivity contribution in [2.45, 2.75) is 52.4 Å². The summed E-state index contributed by atoms with van der Waals surface area (Å²) in [5, 5.41) is 14.4. The summed E-state index contributed by atoms with van der Waals surface area (Å²) in [6, 6.07) is 6.42. The largest absolute Gasteiger partial charge is 0.491 e. The van der Waals surface area contributed by atoms with Gasteiger partial charge in [-0.1, -0.05) is 6.07 Å². The molecule has 4 heterocycles. The highest BCUT2D eigenvalue weighted by atomic mass is 16.5. The quantitative estimate of drug-likeness (QED) is 0.645. The first kappa shape index (κ1) is 21.7. The fourth-order valence-electron chi connectivity index (χ4n) is 4.50. The lowest BCUT2D eigenvalue weighted by Crippen LogP contribution is -2.43. The molecule has 3 aromatic rings. The van der Waals surface area contributed by atoms with E-state index in [9.17, 15) is 5.11 Å². The number of rotatable bonds is 5. The minimum absolute atomic E-state index is 0.298. The molecule has 33 heavy (non-hydrogen) atoms. The third kappa shape index (κ3) is 4.14. The molecule has 174 valence electrons. The van der Waals surface area contributed by atoms with Gasteiger partial charge in [0, 0.05) is 31.0 Å². The molecule has 0 saturated carbocycles. The molecule has 0 unspecified atom stereocenters. The Hall–Kier alpha value is -3.17. The van der Waals surface area contributed by atoms with Gasteiger partial charge in [-0.2, -0.15) is 0 Å². The summed E-state index contributed by atoms with van der Waals surface area (Å²) in [4.78, 5) is 14.2. The number of aromatic nitrogens is 4. The zero-order valence-electron chi connectivity index (χ0n) is 19.9. The van der Waals surface area contributed by atoms with Gasteiger partial charge in [0.15, 0.2) is 5.84 Å². The Morgan fingerprint density at radius 1 is 1.18 bits per heavy atom. The maximum atomic E-state index is 10.1. The summed E-state index contributed by atoms with van der Waals surface area (Å²) in [6.07, 6.45) is 5.77. The van der Waals surface area contributed by atoms with Gasteiger partial charge >= 0.3 is 0 Å². The van der Waals surface area contributed by atoms with Crippen molar-refractivity contribution in [2.75, 3.05) is 20.3 Å². The van der Waals surface area contributed by atoms with E-state index in [-0.39, 0.29) is 0 Å². The lowest BCUT2D eigenvalue weighted by atomic mass is 10.1. The van der Waals surface area contributed by atoms with Gasteiger partial charge < -0.3 is 19.0 Å². The van der Waals surface area contributed by atoms with E-state index in [1.54, 1.807) is 20.2 Å². The van der Waals surface area contributed by atoms with Gasteiger partial charge in [0.25, 0.3) is 0 Å². The van der Waals surface area contributed by atoms with Gasteiger partial charge in [-0.25, -0.2) is 20.0 Å². The van der Waals surface area contributed by atoms with Crippen molar-refractivity contribution in [2.24, 2.45) is 4.99 Å². The van der Waals surface area contributed by atoms with Gasteiger partial charge in [-0.15, -0.1) is 0 Å². The van der Waals surface area contributed by atoms with Crippen LogP contribution in [-0.4, -0.2) is 72.0 Å². The number of aliphatic imine (C=N–C) groups is 1. The molecule has 0 radical (unpaired) electrons. The molecule has 2 aromatic heterocycles. The Morgan fingerprint density at radius 2 is 2.00 bits per heavy atom. The van der Waals surface area contributed by atoms with Gasteiger partial charge in [0.2, 0.25) is 0 Å². The number of amidine groups is 1. The van der Waals surface area contributed by atoms with Gasteiger partial charge in [0.1, 0.15) is 30.5 Å². The smallest absolute Gasteiger partial charge is 0.167 e. The van der Waals surface area contributed by atoms with Crippen molar-refractivity contribution in [3.05, 3.63) is 42.6 Å². The molecule has 0 saturated heterocycles. The van der Waals surface area contributed by atoms with Crippen LogP contribution in [0.4, 0.5) is 0 Å². The molecule has 0 atom stereocenters. The second kappa shape index (κ2) is 8.00. The van der Waals surface area contributed by atoms with E-state index >= 15 is 0 Å². The highest BCUT2D eigenvalue weighted by Gasteiger charge is 2.29. The van der Waals surface area contributed by atoms with E-state index in [0.717, 1.165) is 46.5 Å². The lowest BCUT2D eigenvalue weighted by Gasteiger charge is -2.30. The zero-order chi connectivity index (χ0) is 23.3. The summed E-state index contributed by atoms with van der Waals surface area (Å²) in [6.45, 7) is 10.3. The highest BCUT2D eigenvalue weighted by Crippen LogP contribution is 2.36. The average Bonchev–Trinajstić information content (AvgIpc) is 3.43. The molecule has 2 aliphatic heterocycles. The minimum atomic E-state index is -0.798. The summed E-state index contributed by atoms with van der Waals surface area (Å²) in [5.74, 6) is 2.59. The van der Waals surface area contributed by atoms with Crippen LogP contribution in [0.25, 0.3) is 22.6 Å². The predicted octanol–water partition coefficient (Wildman–Crippen LogP) is 2.85. The third-order valence-corrected chi connectivity index (χ3v) is 5.82. The van der Waals surface area contributed by atoms with E-state index in [4.69, 9.17) is 14.7 Å². The Balaban J connectivity index is 1.47. The standard InChI is InChI=1S/C24H31N7O2/c1-16(2)31-23(26-14-28(31)5)20-12-30-8-9-33-21-10-17(6-7-18(21)22(30)27-20)19-11-29(15-25-19)13-24(3,4)32/h6-7,10-12,15-16,32H,8-9,13-14H2,1-5H3. The SMILES string of the molecule is CC(C)N1C(c2cn3c(n2)-c2ccc(-c4cn(CC(C)(C)O)cn4)cc2OCC3)=NCN1C. The number of hydrogen-bond donors (Lipinski definition) is 1. The Bertz CT molecular complexity index is 1200. The van der Waals surface area contributed by atoms with Crippen LogP contribution in [0.3, 0.4) is 0 Å². The summed E-state index contributed by atoms with van der Waals surface area (Å²) in [5.41, 5.74) is 2.85. The van der Waals surface area contributed by atoms with Crippen LogP contribution in [0.15, 0.2) is 41.9 Å². The zero-order valence-corrected chi connectivity index (χ0v) is 19.9. The van der Waals surface area contributed by atoms with Gasteiger partial charge in [-0.3, -0.25) is 5.01 Å². The molecule has 1 aromatic carbocycles. The Morgan fingerprint density at radius 3 is 2.76 bits per heavy atom. The van der Waals surface area contributed by atoms with Crippen molar-refractivity contribution in [3.8, 4) is 28.4 Å². The van der Waals surface area contributed by atoms with Gasteiger partial charge in [0.05, 0.1) is 36.3 Å². The second-order valence-corrected chi connectivity index (χ2v) is 9.67. The predicted molar refractivity (Wildman–Crippen MR) is 127 cm³/mol. The molecule has 0 bridgehead atoms. The summed E-state index contributed by atoms with van der Waals surface area (Å²) >= 11 is 0. The number of ether oxygens (including phenoxy) is 1. The van der Waals surface area contributed by atoms with E-state index in [1.807, 2.05) is 29.9 Å². The molecule has 5 rings (SSSR count). The maximum absolute atomic E-state index is 10.1. The van der Waals surface area contributed by atoms with Crippen molar-refractivity contribution in [3.63, 3.8) is 0 Å². The molecule has 0 aliphatic carbocycles. The number of benzene rings is 1. The second-order valence-electron chi connectivity index (χ2n) is 9.67. The highest BCUT2D eigenvalue weighted by molar-refractivity contribution is 5.98. The van der Waals surface area contributed by atoms with Crippen LogP contribution in [0.5, 0.6) is 5.75 Å². The average molecular weight is 450 g/mol. The molecule has 1 N–H and O–H groups in total. The minimum Gasteiger partial charge on any atom is -0.491 e. The van der Waals surface area contributed by atoms with Crippen molar-refractivity contribution in [1.82, 2.24) is 29.1 Å². The first-order valence-corrected chi connectivity index (χ1v) is 11.3. The van der Waals surface area contributed by atoms with Crippen molar-refractivity contribution >= 4 is 5.84 Å². The number of aliphatic hydroxyl groups is 1. The topological polar surface area (TPSA) is 83.9 Å². The van der Waals surface area contributed by atoms with Crippen LogP contribution in [-0.2, 0) is 13.1 Å². The maximum Gasteiger partial charge on any atom is 0.167 e. The number of imidazole rings is 2. The lowest BCUT2D eigenvalue weighted by molar-refractivity contribution is 0.0615. The molecule has 9 heteroatoms. The van der Waals surface area contributed by atoms with Crippen molar-refractivity contribution in [1.29, 1.82) is 0 Å². The Labute approximate surface area is 193 Å². The van der Waals surface area contributed by atoms with E-state index in [0.29, 0.717) is 25.9 Å². The summed E-state index contributed by atoms with van der Waals surface area (Å²) in [7, 11) is 2.05. The van der Waals surface area contributed by atoms with E-state index < -0.39 is 5.60 Å². The number of fused-ring (bicyclic) bond motifs is 3. The molecule has 0 fully saturated rings. The first-order valence-electron chi connectivity index (χ1n) is 11.3. The fourth-order valence-corrected chi connectivity index (χ4v) is 4.50. The number of hydrogen-bond acceptors (Lipinski definition) is 7.